The topological polar surface area (TPSA) is 90.6 Å². The maximum Gasteiger partial charge on any atom is 0.328 e. The van der Waals surface area contributed by atoms with Crippen molar-refractivity contribution in [1.29, 1.82) is 0 Å². The van der Waals surface area contributed by atoms with E-state index >= 15 is 0 Å². The number of nitrogens with zero attached hydrogens (tertiary/aromatic N) is 3. The number of aromatic nitrogens is 2. The van der Waals surface area contributed by atoms with Crippen molar-refractivity contribution < 1.29 is 23.0 Å². The lowest BCUT2D eigenvalue weighted by Crippen LogP contribution is -2.46. The number of ether oxygens (including phenoxy) is 2. The highest BCUT2D eigenvalue weighted by molar-refractivity contribution is 7.19. The molecule has 7 nitrogen and oxygen atoms in total. The van der Waals surface area contributed by atoms with Gasteiger partial charge in [0, 0.05) is 42.4 Å². The molecule has 2 aliphatic carbocycles. The first-order chi connectivity index (χ1) is 15.4. The van der Waals surface area contributed by atoms with E-state index in [4.69, 9.17) is 15.2 Å². The Kier molecular flexibility index (Phi) is 5.85. The van der Waals surface area contributed by atoms with Crippen LogP contribution in [-0.4, -0.2) is 65.1 Å². The van der Waals surface area contributed by atoms with Gasteiger partial charge in [-0.05, 0) is 31.3 Å². The molecule has 0 aromatic carbocycles. The molecule has 2 aromatic heterocycles. The molecule has 2 N–H and O–H groups in total. The molecule has 1 amide bonds. The summed E-state index contributed by atoms with van der Waals surface area (Å²) in [5, 5.41) is 0.673. The van der Waals surface area contributed by atoms with Crippen molar-refractivity contribution in [3.8, 4) is 5.88 Å². The number of morpholine rings is 1. The zero-order valence-corrected chi connectivity index (χ0v) is 18.5. The molecule has 2 aromatic rings. The molecular formula is C22H26F2N4O3S. The van der Waals surface area contributed by atoms with Gasteiger partial charge in [0.05, 0.1) is 18.6 Å². The number of halogens is 2. The van der Waals surface area contributed by atoms with Gasteiger partial charge in [0.2, 0.25) is 5.88 Å². The average Bonchev–Trinajstić information content (AvgIpc) is 3.35. The Morgan fingerprint density at radius 3 is 2.72 bits per heavy atom. The molecule has 1 saturated heterocycles. The van der Waals surface area contributed by atoms with Crippen molar-refractivity contribution >= 4 is 33.0 Å². The van der Waals surface area contributed by atoms with Crippen LogP contribution < -0.4 is 10.5 Å². The number of primary amides is 1. The number of carbonyl (C=O) groups is 1. The lowest BCUT2D eigenvalue weighted by atomic mass is 9.91. The Morgan fingerprint density at radius 2 is 2.00 bits per heavy atom. The highest BCUT2D eigenvalue weighted by Gasteiger charge is 2.40. The van der Waals surface area contributed by atoms with Gasteiger partial charge >= 0.3 is 5.92 Å². The van der Waals surface area contributed by atoms with Crippen LogP contribution in [0.15, 0.2) is 12.4 Å². The SMILES string of the molecule is NC(=O)C(F)(F)CC1=CCc2sc3ncnc(O[C@H]4CC[C@H](N5CCOCC5)CC4)c3c21. The highest BCUT2D eigenvalue weighted by Crippen LogP contribution is 2.46. The molecule has 1 aliphatic heterocycles. The standard InChI is InChI=1S/C22H26F2N4O3S/c23-22(24,21(25)29)11-13-1-6-16-17(13)18-19(26-12-27-20(18)32-16)31-15-4-2-14(3-5-15)28-7-9-30-10-8-28/h1,12,14-15H,2-11H2,(H2,25,29)/t14-,15-. The van der Waals surface area contributed by atoms with E-state index in [1.54, 1.807) is 6.08 Å². The monoisotopic (exact) mass is 464 g/mol. The molecule has 0 radical (unpaired) electrons. The van der Waals surface area contributed by atoms with Crippen molar-refractivity contribution in [2.45, 2.75) is 56.6 Å². The molecule has 3 heterocycles. The predicted molar refractivity (Wildman–Crippen MR) is 117 cm³/mol. The summed E-state index contributed by atoms with van der Waals surface area (Å²) in [5.74, 6) is -4.77. The van der Waals surface area contributed by atoms with Gasteiger partial charge in [-0.25, -0.2) is 9.97 Å². The fraction of sp³-hybridized carbons (Fsp3) is 0.591. The Bertz CT molecular complexity index is 1040. The number of amides is 1. The second-order valence-corrected chi connectivity index (χ2v) is 9.72. The number of alkyl halides is 2. The van der Waals surface area contributed by atoms with E-state index in [-0.39, 0.29) is 6.10 Å². The number of rotatable bonds is 6. The fourth-order valence-corrected chi connectivity index (χ4v) is 6.09. The summed E-state index contributed by atoms with van der Waals surface area (Å²) in [6.07, 6.45) is 6.98. The molecule has 1 saturated carbocycles. The summed E-state index contributed by atoms with van der Waals surface area (Å²) in [6.45, 7) is 3.55. The summed E-state index contributed by atoms with van der Waals surface area (Å²) in [5.41, 5.74) is 5.99. The van der Waals surface area contributed by atoms with Gasteiger partial charge in [0.15, 0.2) is 0 Å². The number of hydrogen-bond donors (Lipinski definition) is 1. The molecule has 172 valence electrons. The molecule has 10 heteroatoms. The van der Waals surface area contributed by atoms with Gasteiger partial charge in [-0.2, -0.15) is 8.78 Å². The summed E-state index contributed by atoms with van der Waals surface area (Å²) < 4.78 is 39.9. The molecule has 0 unspecified atom stereocenters. The second-order valence-electron chi connectivity index (χ2n) is 8.63. The minimum Gasteiger partial charge on any atom is -0.474 e. The van der Waals surface area contributed by atoms with Crippen molar-refractivity contribution in [2.24, 2.45) is 5.73 Å². The molecule has 3 aliphatic rings. The first kappa shape index (κ1) is 21.7. The highest BCUT2D eigenvalue weighted by atomic mass is 32.1. The minimum atomic E-state index is -3.60. The van der Waals surface area contributed by atoms with Crippen molar-refractivity contribution in [3.63, 3.8) is 0 Å². The second kappa shape index (κ2) is 8.64. The van der Waals surface area contributed by atoms with Crippen LogP contribution in [0.25, 0.3) is 15.8 Å². The molecule has 0 spiro atoms. The minimum absolute atomic E-state index is 0.0295. The molecule has 0 bridgehead atoms. The van der Waals surface area contributed by atoms with E-state index in [1.807, 2.05) is 0 Å². The molecule has 5 rings (SSSR count). The molecule has 32 heavy (non-hydrogen) atoms. The van der Waals surface area contributed by atoms with Gasteiger partial charge in [-0.15, -0.1) is 11.3 Å². The summed E-state index contributed by atoms with van der Waals surface area (Å²) in [7, 11) is 0. The van der Waals surface area contributed by atoms with Crippen LogP contribution in [-0.2, 0) is 16.0 Å². The van der Waals surface area contributed by atoms with E-state index in [1.165, 1.54) is 17.7 Å². The van der Waals surface area contributed by atoms with Gasteiger partial charge < -0.3 is 15.2 Å². The zero-order valence-electron chi connectivity index (χ0n) is 17.7. The molecule has 2 fully saturated rings. The normalized spacial score (nSPS) is 24.4. The Hall–Kier alpha value is -2.17. The van der Waals surface area contributed by atoms with Crippen LogP contribution in [0.4, 0.5) is 8.78 Å². The molecular weight excluding hydrogens is 438 g/mol. The number of allylic oxidation sites excluding steroid dienone is 2. The Labute approximate surface area is 188 Å². The summed E-state index contributed by atoms with van der Waals surface area (Å²) in [6, 6.07) is 0.556. The molecule has 0 atom stereocenters. The van der Waals surface area contributed by atoms with E-state index in [0.717, 1.165) is 61.7 Å². The largest absolute Gasteiger partial charge is 0.474 e. The number of thiophene rings is 1. The van der Waals surface area contributed by atoms with E-state index in [9.17, 15) is 13.6 Å². The Morgan fingerprint density at radius 1 is 1.25 bits per heavy atom. The third kappa shape index (κ3) is 4.11. The van der Waals surface area contributed by atoms with Crippen LogP contribution in [0.5, 0.6) is 5.88 Å². The third-order valence-corrected chi connectivity index (χ3v) is 7.76. The summed E-state index contributed by atoms with van der Waals surface area (Å²) >= 11 is 1.46. The number of nitrogens with two attached hydrogens (primary N) is 1. The van der Waals surface area contributed by atoms with Gasteiger partial charge in [-0.3, -0.25) is 9.69 Å². The van der Waals surface area contributed by atoms with E-state index in [0.29, 0.717) is 34.9 Å². The van der Waals surface area contributed by atoms with Crippen LogP contribution in [0, 0.1) is 0 Å². The third-order valence-electron chi connectivity index (χ3n) is 6.64. The maximum atomic E-state index is 14.1. The fourth-order valence-electron chi connectivity index (χ4n) is 4.96. The van der Waals surface area contributed by atoms with Crippen LogP contribution in [0.1, 0.15) is 42.5 Å². The lowest BCUT2D eigenvalue weighted by molar-refractivity contribution is -0.141. The first-order valence-corrected chi connectivity index (χ1v) is 11.9. The smallest absolute Gasteiger partial charge is 0.328 e. The first-order valence-electron chi connectivity index (χ1n) is 11.0. The van der Waals surface area contributed by atoms with E-state index < -0.39 is 18.3 Å². The van der Waals surface area contributed by atoms with Crippen molar-refractivity contribution in [2.75, 3.05) is 26.3 Å². The van der Waals surface area contributed by atoms with Crippen molar-refractivity contribution in [3.05, 3.63) is 22.8 Å². The van der Waals surface area contributed by atoms with Crippen LogP contribution in [0.2, 0.25) is 0 Å². The Balaban J connectivity index is 1.34. The van der Waals surface area contributed by atoms with Gasteiger partial charge in [-0.1, -0.05) is 6.08 Å². The quantitative estimate of drug-likeness (QED) is 0.706. The predicted octanol–water partition coefficient (Wildman–Crippen LogP) is 3.16. The number of carbonyl (C=O) groups excluding carboxylic acids is 1. The summed E-state index contributed by atoms with van der Waals surface area (Å²) in [4.78, 5) is 24.0. The lowest BCUT2D eigenvalue weighted by Gasteiger charge is -2.38. The van der Waals surface area contributed by atoms with Crippen LogP contribution >= 0.6 is 11.3 Å². The van der Waals surface area contributed by atoms with Crippen LogP contribution in [0.3, 0.4) is 0 Å². The van der Waals surface area contributed by atoms with Gasteiger partial charge in [0.25, 0.3) is 5.91 Å². The van der Waals surface area contributed by atoms with Crippen molar-refractivity contribution in [1.82, 2.24) is 14.9 Å². The number of fused-ring (bicyclic) bond motifs is 3. The number of hydrogen-bond acceptors (Lipinski definition) is 7. The zero-order chi connectivity index (χ0) is 22.3. The maximum absolute atomic E-state index is 14.1. The average molecular weight is 465 g/mol. The van der Waals surface area contributed by atoms with Gasteiger partial charge in [0.1, 0.15) is 17.3 Å². The van der Waals surface area contributed by atoms with E-state index in [2.05, 4.69) is 14.9 Å².